The summed E-state index contributed by atoms with van der Waals surface area (Å²) in [4.78, 5) is 9.96. The van der Waals surface area contributed by atoms with Gasteiger partial charge in [0.25, 0.3) is 5.69 Å². The van der Waals surface area contributed by atoms with E-state index in [1.165, 1.54) is 6.07 Å². The molecule has 4 N–H and O–H groups in total. The van der Waals surface area contributed by atoms with Crippen LogP contribution in [-0.4, -0.2) is 42.0 Å². The fraction of sp³-hybridized carbons (Fsp3) is 0.333. The zero-order valence-corrected chi connectivity index (χ0v) is 11.2. The smallest absolute Gasteiger partial charge is 0.284 e. The van der Waals surface area contributed by atoms with E-state index in [4.69, 9.17) is 10.2 Å². The van der Waals surface area contributed by atoms with Crippen LogP contribution in [0.5, 0.6) is 0 Å². The van der Waals surface area contributed by atoms with Crippen LogP contribution in [0.2, 0.25) is 0 Å². The Kier molecular flexibility index (Phi) is 5.26. The van der Waals surface area contributed by atoms with E-state index in [2.05, 4.69) is 0 Å². The van der Waals surface area contributed by atoms with E-state index in [1.807, 2.05) is 0 Å². The van der Waals surface area contributed by atoms with Gasteiger partial charge in [-0.3, -0.25) is 10.1 Å². The Bertz CT molecular complexity index is 574. The highest BCUT2D eigenvalue weighted by atomic mass is 32.2. The zero-order chi connectivity index (χ0) is 14.6. The van der Waals surface area contributed by atoms with Crippen molar-refractivity contribution in [3.05, 3.63) is 28.3 Å². The average Bonchev–Trinajstić information content (AvgIpc) is 2.34. The van der Waals surface area contributed by atoms with E-state index < -0.39 is 33.3 Å². The van der Waals surface area contributed by atoms with Crippen LogP contribution in [0.4, 0.5) is 5.69 Å². The predicted octanol–water partition coefficient (Wildman–Crippen LogP) is -0.312. The molecule has 0 radical (unpaired) electrons. The number of nitro benzene ring substituents is 1. The van der Waals surface area contributed by atoms with E-state index in [1.54, 1.807) is 0 Å². The average molecular weight is 308 g/mol. The molecule has 106 valence electrons. The minimum atomic E-state index is -4.01. The van der Waals surface area contributed by atoms with Gasteiger partial charge in [0.1, 0.15) is 0 Å². The summed E-state index contributed by atoms with van der Waals surface area (Å²) < 4.78 is 22.2. The van der Waals surface area contributed by atoms with Gasteiger partial charge in [-0.2, -0.15) is 0 Å². The fourth-order valence-electron chi connectivity index (χ4n) is 1.18. The second kappa shape index (κ2) is 6.30. The summed E-state index contributed by atoms with van der Waals surface area (Å²) >= 11 is 0.940. The van der Waals surface area contributed by atoms with Crippen molar-refractivity contribution in [2.24, 2.45) is 5.14 Å². The second-order valence-corrected chi connectivity index (χ2v) is 6.20. The normalized spacial score (nSPS) is 13.2. The molecule has 0 saturated heterocycles. The summed E-state index contributed by atoms with van der Waals surface area (Å²) in [5.74, 6) is 0.0477. The van der Waals surface area contributed by atoms with Crippen LogP contribution in [0.1, 0.15) is 0 Å². The van der Waals surface area contributed by atoms with Gasteiger partial charge in [0.05, 0.1) is 27.4 Å². The number of hydrogen-bond acceptors (Lipinski definition) is 7. The molecule has 0 spiro atoms. The van der Waals surface area contributed by atoms with Crippen LogP contribution in [-0.2, 0) is 10.0 Å². The lowest BCUT2D eigenvalue weighted by Crippen LogP contribution is -2.15. The molecule has 1 unspecified atom stereocenters. The minimum Gasteiger partial charge on any atom is -0.394 e. The van der Waals surface area contributed by atoms with Crippen LogP contribution in [0, 0.1) is 10.1 Å². The van der Waals surface area contributed by atoms with Crippen molar-refractivity contribution in [2.45, 2.75) is 15.9 Å². The molecule has 1 aromatic rings. The molecule has 1 aromatic carbocycles. The number of nitrogens with zero attached hydrogens (tertiary/aromatic N) is 1. The van der Waals surface area contributed by atoms with E-state index in [0.29, 0.717) is 0 Å². The van der Waals surface area contributed by atoms with Crippen LogP contribution in [0.3, 0.4) is 0 Å². The lowest BCUT2D eigenvalue weighted by Gasteiger charge is -2.07. The molecule has 0 aliphatic carbocycles. The van der Waals surface area contributed by atoms with Crippen molar-refractivity contribution >= 4 is 27.5 Å². The van der Waals surface area contributed by atoms with Gasteiger partial charge in [-0.1, -0.05) is 0 Å². The molecule has 0 saturated carbocycles. The fourth-order valence-corrected chi connectivity index (χ4v) is 2.63. The van der Waals surface area contributed by atoms with Gasteiger partial charge < -0.3 is 10.2 Å². The number of aliphatic hydroxyl groups excluding tert-OH is 2. The number of benzene rings is 1. The maximum absolute atomic E-state index is 11.1. The van der Waals surface area contributed by atoms with Crippen molar-refractivity contribution in [3.8, 4) is 0 Å². The standard InChI is InChI=1S/C9H12N2O6S2/c10-19(16,17)7-1-2-9(8(3-7)11(14)15)18-5-6(13)4-12/h1-3,6,12-13H,4-5H2,(H2,10,16,17). The predicted molar refractivity (Wildman–Crippen MR) is 68.3 cm³/mol. The molecule has 0 bridgehead atoms. The largest absolute Gasteiger partial charge is 0.394 e. The Morgan fingerprint density at radius 2 is 2.11 bits per heavy atom. The molecular formula is C9H12N2O6S2. The molecule has 0 aliphatic rings. The molecule has 1 atom stereocenters. The summed E-state index contributed by atoms with van der Waals surface area (Å²) in [6.07, 6.45) is -1.01. The first-order valence-corrected chi connectivity index (χ1v) is 7.52. The van der Waals surface area contributed by atoms with Crippen molar-refractivity contribution in [1.82, 2.24) is 0 Å². The molecule has 0 aromatic heterocycles. The number of nitrogens with two attached hydrogens (primary N) is 1. The Hall–Kier alpha value is -1.20. The summed E-state index contributed by atoms with van der Waals surface area (Å²) in [5, 5.41) is 33.6. The van der Waals surface area contributed by atoms with Crippen LogP contribution >= 0.6 is 11.8 Å². The topological polar surface area (TPSA) is 144 Å². The summed E-state index contributed by atoms with van der Waals surface area (Å²) in [6, 6.07) is 3.26. The summed E-state index contributed by atoms with van der Waals surface area (Å²) in [6.45, 7) is -0.462. The minimum absolute atomic E-state index is 0.0477. The van der Waals surface area contributed by atoms with Crippen LogP contribution in [0.15, 0.2) is 28.0 Å². The van der Waals surface area contributed by atoms with Gasteiger partial charge >= 0.3 is 0 Å². The molecule has 8 nitrogen and oxygen atoms in total. The number of hydrogen-bond donors (Lipinski definition) is 3. The number of aliphatic hydroxyl groups is 2. The molecule has 0 aliphatic heterocycles. The third-order valence-electron chi connectivity index (χ3n) is 2.10. The van der Waals surface area contributed by atoms with Crippen molar-refractivity contribution in [3.63, 3.8) is 0 Å². The zero-order valence-electron chi connectivity index (χ0n) is 9.59. The molecule has 19 heavy (non-hydrogen) atoms. The Balaban J connectivity index is 3.09. The molecule has 0 fully saturated rings. The van der Waals surface area contributed by atoms with E-state index in [0.717, 1.165) is 23.9 Å². The van der Waals surface area contributed by atoms with Gasteiger partial charge in [0.2, 0.25) is 10.0 Å². The van der Waals surface area contributed by atoms with Gasteiger partial charge in [0.15, 0.2) is 0 Å². The molecule has 0 heterocycles. The molecule has 1 rings (SSSR count). The first-order chi connectivity index (χ1) is 8.75. The Labute approximate surface area is 113 Å². The van der Waals surface area contributed by atoms with E-state index in [-0.39, 0.29) is 15.5 Å². The van der Waals surface area contributed by atoms with Gasteiger partial charge in [0, 0.05) is 11.8 Å². The number of sulfonamides is 1. The number of nitro groups is 1. The van der Waals surface area contributed by atoms with Crippen LogP contribution in [0.25, 0.3) is 0 Å². The maximum atomic E-state index is 11.1. The van der Waals surface area contributed by atoms with Crippen molar-refractivity contribution < 1.29 is 23.6 Å². The lowest BCUT2D eigenvalue weighted by molar-refractivity contribution is -0.388. The van der Waals surface area contributed by atoms with E-state index >= 15 is 0 Å². The lowest BCUT2D eigenvalue weighted by atomic mass is 10.3. The first-order valence-electron chi connectivity index (χ1n) is 4.98. The van der Waals surface area contributed by atoms with Crippen LogP contribution < -0.4 is 5.14 Å². The SMILES string of the molecule is NS(=O)(=O)c1ccc(SCC(O)CO)c([N+](=O)[O-])c1. The molecule has 10 heteroatoms. The Morgan fingerprint density at radius 1 is 1.47 bits per heavy atom. The van der Waals surface area contributed by atoms with Gasteiger partial charge in [-0.25, -0.2) is 13.6 Å². The number of thioether (sulfide) groups is 1. The van der Waals surface area contributed by atoms with E-state index in [9.17, 15) is 23.6 Å². The van der Waals surface area contributed by atoms with Crippen molar-refractivity contribution in [2.75, 3.05) is 12.4 Å². The van der Waals surface area contributed by atoms with Crippen molar-refractivity contribution in [1.29, 1.82) is 0 Å². The highest BCUT2D eigenvalue weighted by Crippen LogP contribution is 2.31. The monoisotopic (exact) mass is 308 g/mol. The Morgan fingerprint density at radius 3 is 2.58 bits per heavy atom. The first kappa shape index (κ1) is 15.9. The quantitative estimate of drug-likeness (QED) is 0.371. The molecule has 0 amide bonds. The maximum Gasteiger partial charge on any atom is 0.284 e. The second-order valence-electron chi connectivity index (χ2n) is 3.58. The third kappa shape index (κ3) is 4.44. The highest BCUT2D eigenvalue weighted by molar-refractivity contribution is 7.99. The summed E-state index contributed by atoms with van der Waals surface area (Å²) in [5.41, 5.74) is -0.415. The van der Waals surface area contributed by atoms with Gasteiger partial charge in [-0.05, 0) is 12.1 Å². The summed E-state index contributed by atoms with van der Waals surface area (Å²) in [7, 11) is -4.01. The van der Waals surface area contributed by atoms with Gasteiger partial charge in [-0.15, -0.1) is 11.8 Å². The number of primary sulfonamides is 1. The molecular weight excluding hydrogens is 296 g/mol. The number of rotatable bonds is 6. The third-order valence-corrected chi connectivity index (χ3v) is 4.22. The highest BCUT2D eigenvalue weighted by Gasteiger charge is 2.19.